The van der Waals surface area contributed by atoms with Crippen molar-refractivity contribution < 1.29 is 0 Å². The summed E-state index contributed by atoms with van der Waals surface area (Å²) in [4.78, 5) is 4.16. The molecule has 15 heavy (non-hydrogen) atoms. The van der Waals surface area contributed by atoms with Crippen LogP contribution in [-0.2, 0) is 0 Å². The highest BCUT2D eigenvalue weighted by molar-refractivity contribution is 5.72. The van der Waals surface area contributed by atoms with Crippen LogP contribution in [0.25, 0.3) is 0 Å². The van der Waals surface area contributed by atoms with Crippen molar-refractivity contribution in [1.82, 2.24) is 10.4 Å². The Balaban J connectivity index is 0.000000282. The van der Waals surface area contributed by atoms with Gasteiger partial charge in [-0.2, -0.15) is 0 Å². The van der Waals surface area contributed by atoms with E-state index < -0.39 is 0 Å². The lowest BCUT2D eigenvalue weighted by Crippen LogP contribution is -2.32. The summed E-state index contributed by atoms with van der Waals surface area (Å²) < 4.78 is 0. The van der Waals surface area contributed by atoms with Crippen molar-refractivity contribution in [2.75, 3.05) is 0 Å². The third-order valence-electron chi connectivity index (χ3n) is 1.35. The van der Waals surface area contributed by atoms with Crippen LogP contribution in [0.1, 0.15) is 34.6 Å². The van der Waals surface area contributed by atoms with Gasteiger partial charge in [-0.1, -0.05) is 34.6 Å². The lowest BCUT2D eigenvalue weighted by Gasteiger charge is -2.20. The van der Waals surface area contributed by atoms with E-state index in [4.69, 9.17) is 0 Å². The van der Waals surface area contributed by atoms with Crippen LogP contribution in [0.5, 0.6) is 0 Å². The molecule has 0 bridgehead atoms. The van der Waals surface area contributed by atoms with Crippen LogP contribution in [0.15, 0.2) is 29.5 Å². The number of hydrazine groups is 1. The summed E-state index contributed by atoms with van der Waals surface area (Å²) in [7, 11) is 0. The number of allylic oxidation sites excluding steroid dienone is 1. The monoisotopic (exact) mass is 209 g/mol. The fraction of sp³-hybridized carbons (Fsp3) is 0.583. The molecule has 3 heteroatoms. The number of hydrogen-bond donors (Lipinski definition) is 1. The second kappa shape index (κ2) is 8.09. The quantitative estimate of drug-likeness (QED) is 0.664. The van der Waals surface area contributed by atoms with E-state index in [1.807, 2.05) is 43.4 Å². The molecule has 0 fully saturated rings. The van der Waals surface area contributed by atoms with Crippen LogP contribution >= 0.6 is 0 Å². The molecule has 2 heterocycles. The van der Waals surface area contributed by atoms with Gasteiger partial charge in [0.25, 0.3) is 0 Å². The predicted molar refractivity (Wildman–Crippen MR) is 67.4 cm³/mol. The van der Waals surface area contributed by atoms with E-state index in [2.05, 4.69) is 31.2 Å². The van der Waals surface area contributed by atoms with Crippen molar-refractivity contribution in [3.8, 4) is 0 Å². The molecule has 0 aliphatic carbocycles. The van der Waals surface area contributed by atoms with Gasteiger partial charge in [0.2, 0.25) is 0 Å². The third kappa shape index (κ3) is 5.94. The highest BCUT2D eigenvalue weighted by atomic mass is 15.6. The van der Waals surface area contributed by atoms with Crippen LogP contribution in [0.3, 0.4) is 0 Å². The summed E-state index contributed by atoms with van der Waals surface area (Å²) in [5, 5.41) is 1.93. The average Bonchev–Trinajstić information content (AvgIpc) is 2.67. The van der Waals surface area contributed by atoms with Crippen LogP contribution in [-0.4, -0.2) is 17.4 Å². The molecule has 0 saturated heterocycles. The highest BCUT2D eigenvalue weighted by Crippen LogP contribution is 2.08. The maximum atomic E-state index is 4.16. The molecule has 2 rings (SSSR count). The molecule has 0 saturated carbocycles. The minimum Gasteiger partial charge on any atom is -0.304 e. The first kappa shape index (κ1) is 13.8. The SMILES string of the molecule is C1=CN2NC=CC2N=C1.CC.CC(C)C. The van der Waals surface area contributed by atoms with E-state index in [-0.39, 0.29) is 6.17 Å². The van der Waals surface area contributed by atoms with Gasteiger partial charge in [-0.05, 0) is 18.1 Å². The van der Waals surface area contributed by atoms with E-state index in [0.717, 1.165) is 5.92 Å². The molecule has 0 radical (unpaired) electrons. The summed E-state index contributed by atoms with van der Waals surface area (Å²) >= 11 is 0. The molecular weight excluding hydrogens is 186 g/mol. The fourth-order valence-corrected chi connectivity index (χ4v) is 0.906. The van der Waals surface area contributed by atoms with Crippen LogP contribution in [0, 0.1) is 5.92 Å². The summed E-state index contributed by atoms with van der Waals surface area (Å²) in [5.74, 6) is 0.833. The predicted octanol–water partition coefficient (Wildman–Crippen LogP) is 2.93. The fourth-order valence-electron chi connectivity index (χ4n) is 0.906. The molecule has 86 valence electrons. The Hall–Kier alpha value is -1.25. The molecule has 2 aliphatic rings. The first-order chi connectivity index (χ1) is 7.20. The Morgan fingerprint density at radius 2 is 1.87 bits per heavy atom. The van der Waals surface area contributed by atoms with Crippen molar-refractivity contribution in [3.63, 3.8) is 0 Å². The molecular formula is C12H23N3. The zero-order chi connectivity index (χ0) is 11.7. The summed E-state index contributed by atoms with van der Waals surface area (Å²) in [5.41, 5.74) is 3.01. The number of rotatable bonds is 0. The molecule has 1 atom stereocenters. The minimum atomic E-state index is 0.190. The van der Waals surface area contributed by atoms with E-state index >= 15 is 0 Å². The number of fused-ring (bicyclic) bond motifs is 1. The highest BCUT2D eigenvalue weighted by Gasteiger charge is 2.14. The maximum absolute atomic E-state index is 4.16. The molecule has 3 nitrogen and oxygen atoms in total. The van der Waals surface area contributed by atoms with Crippen LogP contribution in [0.4, 0.5) is 0 Å². The van der Waals surface area contributed by atoms with Gasteiger partial charge >= 0.3 is 0 Å². The van der Waals surface area contributed by atoms with Gasteiger partial charge in [0.1, 0.15) is 0 Å². The zero-order valence-electron chi connectivity index (χ0n) is 10.4. The van der Waals surface area contributed by atoms with Crippen LogP contribution < -0.4 is 5.43 Å². The Bertz CT molecular complexity index is 226. The molecule has 0 amide bonds. The second-order valence-corrected chi connectivity index (χ2v) is 3.68. The second-order valence-electron chi connectivity index (χ2n) is 3.68. The Labute approximate surface area is 93.5 Å². The Morgan fingerprint density at radius 3 is 2.40 bits per heavy atom. The summed E-state index contributed by atoms with van der Waals surface area (Å²) in [6, 6.07) is 0. The van der Waals surface area contributed by atoms with Gasteiger partial charge in [0, 0.05) is 18.6 Å². The lowest BCUT2D eigenvalue weighted by atomic mass is 10.3. The zero-order valence-corrected chi connectivity index (χ0v) is 10.4. The van der Waals surface area contributed by atoms with Crippen molar-refractivity contribution >= 4 is 6.21 Å². The Kier molecular flexibility index (Phi) is 7.42. The van der Waals surface area contributed by atoms with Crippen molar-refractivity contribution in [1.29, 1.82) is 0 Å². The average molecular weight is 209 g/mol. The van der Waals surface area contributed by atoms with Gasteiger partial charge in [-0.25, -0.2) is 0 Å². The van der Waals surface area contributed by atoms with Crippen molar-refractivity contribution in [2.24, 2.45) is 10.9 Å². The number of hydrogen-bond acceptors (Lipinski definition) is 3. The van der Waals surface area contributed by atoms with Crippen molar-refractivity contribution in [2.45, 2.75) is 40.8 Å². The number of nitrogens with one attached hydrogen (secondary N) is 1. The smallest absolute Gasteiger partial charge is 0.159 e. The Morgan fingerprint density at radius 1 is 1.27 bits per heavy atom. The van der Waals surface area contributed by atoms with Gasteiger partial charge in [-0.3, -0.25) is 10.0 Å². The minimum absolute atomic E-state index is 0.190. The molecule has 0 spiro atoms. The lowest BCUT2D eigenvalue weighted by molar-refractivity contribution is 0.296. The van der Waals surface area contributed by atoms with E-state index in [0.29, 0.717) is 0 Å². The first-order valence-electron chi connectivity index (χ1n) is 5.61. The van der Waals surface area contributed by atoms with Gasteiger partial charge in [0.05, 0.1) is 0 Å². The van der Waals surface area contributed by atoms with E-state index in [1.165, 1.54) is 0 Å². The molecule has 1 N–H and O–H groups in total. The molecule has 1 unspecified atom stereocenters. The van der Waals surface area contributed by atoms with Gasteiger partial charge in [-0.15, -0.1) is 0 Å². The van der Waals surface area contributed by atoms with Crippen molar-refractivity contribution in [3.05, 3.63) is 24.6 Å². The number of nitrogens with zero attached hydrogens (tertiary/aromatic N) is 2. The number of aliphatic imine (C=N–C) groups is 1. The first-order valence-corrected chi connectivity index (χ1v) is 5.61. The molecule has 2 aliphatic heterocycles. The molecule has 0 aromatic rings. The largest absolute Gasteiger partial charge is 0.304 e. The summed E-state index contributed by atoms with van der Waals surface area (Å²) in [6.45, 7) is 10.5. The van der Waals surface area contributed by atoms with E-state index in [9.17, 15) is 0 Å². The van der Waals surface area contributed by atoms with Crippen LogP contribution in [0.2, 0.25) is 0 Å². The maximum Gasteiger partial charge on any atom is 0.159 e. The van der Waals surface area contributed by atoms with Gasteiger partial charge < -0.3 is 5.43 Å². The molecule has 0 aromatic heterocycles. The normalized spacial score (nSPS) is 19.9. The summed E-state index contributed by atoms with van der Waals surface area (Å²) in [6.07, 6.45) is 9.74. The topological polar surface area (TPSA) is 27.6 Å². The van der Waals surface area contributed by atoms with Gasteiger partial charge in [0.15, 0.2) is 6.17 Å². The molecule has 0 aromatic carbocycles. The standard InChI is InChI=1S/C6H7N3.C4H10.C2H6/c1-3-7-6-2-4-8-9(6)5-1;1-4(2)3;1-2/h1-6,8H;4H,1-3H3;1-2H3. The third-order valence-corrected chi connectivity index (χ3v) is 1.35. The van der Waals surface area contributed by atoms with E-state index in [1.54, 1.807) is 6.21 Å².